The zero-order chi connectivity index (χ0) is 17.9. The third-order valence-electron chi connectivity index (χ3n) is 4.09. The average Bonchev–Trinajstić information content (AvgIpc) is 2.59. The van der Waals surface area contributed by atoms with E-state index in [1.807, 2.05) is 0 Å². The van der Waals surface area contributed by atoms with E-state index in [2.05, 4.69) is 17.6 Å². The summed E-state index contributed by atoms with van der Waals surface area (Å²) in [5, 5.41) is 5.27. The number of hydrogen-bond acceptors (Lipinski definition) is 3. The third kappa shape index (κ3) is 17.0. The van der Waals surface area contributed by atoms with E-state index in [4.69, 9.17) is 0 Å². The van der Waals surface area contributed by atoms with Crippen LogP contribution in [0, 0.1) is 0 Å². The van der Waals surface area contributed by atoms with Crippen molar-refractivity contribution in [3.8, 4) is 0 Å². The van der Waals surface area contributed by atoms with Gasteiger partial charge in [0.05, 0.1) is 0 Å². The van der Waals surface area contributed by atoms with Crippen LogP contribution >= 0.6 is 0 Å². The largest absolute Gasteiger partial charge is 0.356 e. The predicted molar refractivity (Wildman–Crippen MR) is 97.8 cm³/mol. The summed E-state index contributed by atoms with van der Waals surface area (Å²) in [5.74, 6) is -0.532. The molecule has 5 heteroatoms. The Balaban J connectivity index is 3.20. The highest BCUT2D eigenvalue weighted by Gasteiger charge is 2.01. The summed E-state index contributed by atoms with van der Waals surface area (Å²) in [4.78, 5) is 32.3. The second-order valence-corrected chi connectivity index (χ2v) is 6.40. The molecular formula is C19H36N2O3. The van der Waals surface area contributed by atoms with Crippen LogP contribution < -0.4 is 10.6 Å². The standard InChI is InChI=1S/C19H36N2O3/c1-2-3-4-5-6-7-8-9-10-11-12-14-18(23)20-15-13-16-21-19(24)17-22/h17H,2-16H2,1H3,(H,20,23)(H,21,24). The quantitative estimate of drug-likeness (QED) is 0.242. The number of hydrogen-bond donors (Lipinski definition) is 2. The molecule has 0 fully saturated rings. The number of nitrogens with one attached hydrogen (secondary N) is 2. The van der Waals surface area contributed by atoms with Crippen LogP contribution in [0.5, 0.6) is 0 Å². The predicted octanol–water partition coefficient (Wildman–Crippen LogP) is 3.51. The van der Waals surface area contributed by atoms with Gasteiger partial charge in [-0.05, 0) is 12.8 Å². The van der Waals surface area contributed by atoms with Crippen molar-refractivity contribution in [2.45, 2.75) is 90.4 Å². The van der Waals surface area contributed by atoms with Gasteiger partial charge in [-0.25, -0.2) is 0 Å². The molecule has 0 aromatic heterocycles. The van der Waals surface area contributed by atoms with Crippen molar-refractivity contribution in [1.82, 2.24) is 10.6 Å². The Morgan fingerprint density at radius 3 is 1.75 bits per heavy atom. The van der Waals surface area contributed by atoms with Gasteiger partial charge in [0.1, 0.15) is 0 Å². The van der Waals surface area contributed by atoms with E-state index in [0.29, 0.717) is 25.9 Å². The van der Waals surface area contributed by atoms with Gasteiger partial charge in [-0.3, -0.25) is 14.4 Å². The number of carbonyl (C=O) groups excluding carboxylic acids is 3. The number of carbonyl (C=O) groups is 3. The maximum Gasteiger partial charge on any atom is 0.284 e. The number of aldehydes is 1. The zero-order valence-electron chi connectivity index (χ0n) is 15.4. The van der Waals surface area contributed by atoms with Gasteiger partial charge in [-0.15, -0.1) is 0 Å². The molecule has 2 amide bonds. The fourth-order valence-electron chi connectivity index (χ4n) is 2.61. The molecule has 0 aliphatic carbocycles. The fraction of sp³-hybridized carbons (Fsp3) is 0.842. The Morgan fingerprint density at radius 2 is 1.21 bits per heavy atom. The van der Waals surface area contributed by atoms with Gasteiger partial charge in [-0.2, -0.15) is 0 Å². The van der Waals surface area contributed by atoms with Gasteiger partial charge in [0, 0.05) is 19.5 Å². The van der Waals surface area contributed by atoms with Gasteiger partial charge in [0.2, 0.25) is 12.2 Å². The number of unbranched alkanes of at least 4 members (excludes halogenated alkanes) is 10. The van der Waals surface area contributed by atoms with Crippen LogP contribution in [-0.4, -0.2) is 31.2 Å². The maximum absolute atomic E-state index is 11.6. The Kier molecular flexibility index (Phi) is 16.9. The highest BCUT2D eigenvalue weighted by Crippen LogP contribution is 2.11. The number of rotatable bonds is 17. The first-order chi connectivity index (χ1) is 11.7. The van der Waals surface area contributed by atoms with Crippen molar-refractivity contribution in [3.05, 3.63) is 0 Å². The molecule has 0 aromatic rings. The second kappa shape index (κ2) is 18.0. The average molecular weight is 341 g/mol. The molecule has 140 valence electrons. The summed E-state index contributed by atoms with van der Waals surface area (Å²) < 4.78 is 0. The van der Waals surface area contributed by atoms with Crippen molar-refractivity contribution in [3.63, 3.8) is 0 Å². The molecule has 0 spiro atoms. The summed E-state index contributed by atoms with van der Waals surface area (Å²) in [6, 6.07) is 0. The Bertz CT molecular complexity index is 333. The Morgan fingerprint density at radius 1 is 0.708 bits per heavy atom. The summed E-state index contributed by atoms with van der Waals surface area (Å²) in [6.07, 6.45) is 15.5. The minimum atomic E-state index is -0.609. The molecule has 2 N–H and O–H groups in total. The van der Waals surface area contributed by atoms with Gasteiger partial charge in [0.15, 0.2) is 0 Å². The van der Waals surface area contributed by atoms with Crippen molar-refractivity contribution in [2.75, 3.05) is 13.1 Å². The normalized spacial score (nSPS) is 10.4. The lowest BCUT2D eigenvalue weighted by Gasteiger charge is -2.05. The molecule has 0 saturated heterocycles. The highest BCUT2D eigenvalue weighted by atomic mass is 16.2. The van der Waals surface area contributed by atoms with Crippen LogP contribution in [0.1, 0.15) is 90.4 Å². The molecule has 0 aromatic carbocycles. The highest BCUT2D eigenvalue weighted by molar-refractivity contribution is 6.23. The van der Waals surface area contributed by atoms with Crippen molar-refractivity contribution < 1.29 is 14.4 Å². The lowest BCUT2D eigenvalue weighted by molar-refractivity contribution is -0.131. The van der Waals surface area contributed by atoms with Crippen LogP contribution in [0.15, 0.2) is 0 Å². The van der Waals surface area contributed by atoms with Crippen LogP contribution in [0.2, 0.25) is 0 Å². The molecule has 0 saturated carbocycles. The van der Waals surface area contributed by atoms with E-state index < -0.39 is 5.91 Å². The molecule has 0 unspecified atom stereocenters. The lowest BCUT2D eigenvalue weighted by Crippen LogP contribution is -2.30. The minimum Gasteiger partial charge on any atom is -0.356 e. The van der Waals surface area contributed by atoms with E-state index in [1.54, 1.807) is 0 Å². The van der Waals surface area contributed by atoms with Gasteiger partial charge in [0.25, 0.3) is 5.91 Å². The van der Waals surface area contributed by atoms with Gasteiger partial charge < -0.3 is 10.6 Å². The van der Waals surface area contributed by atoms with E-state index in [-0.39, 0.29) is 12.2 Å². The van der Waals surface area contributed by atoms with E-state index in [1.165, 1.54) is 57.8 Å². The lowest BCUT2D eigenvalue weighted by atomic mass is 10.1. The van der Waals surface area contributed by atoms with Crippen LogP contribution in [-0.2, 0) is 14.4 Å². The van der Waals surface area contributed by atoms with Crippen molar-refractivity contribution in [1.29, 1.82) is 0 Å². The first-order valence-electron chi connectivity index (χ1n) is 9.70. The van der Waals surface area contributed by atoms with Crippen LogP contribution in [0.25, 0.3) is 0 Å². The Hall–Kier alpha value is -1.39. The number of amides is 2. The van der Waals surface area contributed by atoms with Crippen molar-refractivity contribution in [2.24, 2.45) is 0 Å². The monoisotopic (exact) mass is 340 g/mol. The third-order valence-corrected chi connectivity index (χ3v) is 4.09. The first kappa shape index (κ1) is 22.6. The molecule has 0 aliphatic heterocycles. The molecule has 0 aliphatic rings. The summed E-state index contributed by atoms with van der Waals surface area (Å²) >= 11 is 0. The molecular weight excluding hydrogens is 304 g/mol. The Labute approximate surface area is 147 Å². The molecule has 0 heterocycles. The molecule has 0 radical (unpaired) electrons. The molecule has 0 bridgehead atoms. The molecule has 0 atom stereocenters. The van der Waals surface area contributed by atoms with Crippen molar-refractivity contribution >= 4 is 18.1 Å². The smallest absolute Gasteiger partial charge is 0.284 e. The maximum atomic E-state index is 11.6. The first-order valence-corrected chi connectivity index (χ1v) is 9.70. The zero-order valence-corrected chi connectivity index (χ0v) is 15.4. The van der Waals surface area contributed by atoms with E-state index in [9.17, 15) is 14.4 Å². The van der Waals surface area contributed by atoms with E-state index >= 15 is 0 Å². The summed E-state index contributed by atoms with van der Waals surface area (Å²) in [5.41, 5.74) is 0. The molecule has 24 heavy (non-hydrogen) atoms. The van der Waals surface area contributed by atoms with E-state index in [0.717, 1.165) is 12.8 Å². The fourth-order valence-corrected chi connectivity index (χ4v) is 2.61. The molecule has 0 rings (SSSR count). The van der Waals surface area contributed by atoms with Gasteiger partial charge >= 0.3 is 0 Å². The SMILES string of the molecule is CCCCCCCCCCCCCC(=O)NCCCNC(=O)C=O. The van der Waals surface area contributed by atoms with Crippen LogP contribution in [0.4, 0.5) is 0 Å². The summed E-state index contributed by atoms with van der Waals surface area (Å²) in [7, 11) is 0. The minimum absolute atomic E-state index is 0.0765. The molecule has 5 nitrogen and oxygen atoms in total. The summed E-state index contributed by atoms with van der Waals surface area (Å²) in [6.45, 7) is 3.20. The van der Waals surface area contributed by atoms with Crippen LogP contribution in [0.3, 0.4) is 0 Å². The second-order valence-electron chi connectivity index (χ2n) is 6.40. The topological polar surface area (TPSA) is 75.3 Å². The van der Waals surface area contributed by atoms with Gasteiger partial charge in [-0.1, -0.05) is 71.1 Å².